The summed E-state index contributed by atoms with van der Waals surface area (Å²) < 4.78 is 10.9. The zero-order chi connectivity index (χ0) is 20.0. The summed E-state index contributed by atoms with van der Waals surface area (Å²) in [6.45, 7) is 9.59. The highest BCUT2D eigenvalue weighted by atomic mass is 35.5. The summed E-state index contributed by atoms with van der Waals surface area (Å²) >= 11 is 8.37. The van der Waals surface area contributed by atoms with Gasteiger partial charge in [0.2, 0.25) is 0 Å². The van der Waals surface area contributed by atoms with Gasteiger partial charge in [-0.1, -0.05) is 23.4 Å². The number of rotatable bonds is 8. The number of thiazole rings is 1. The molecule has 1 heterocycles. The molecular weight excluding hydrogens is 394 g/mol. The van der Waals surface area contributed by atoms with E-state index in [1.54, 1.807) is 0 Å². The van der Waals surface area contributed by atoms with Crippen LogP contribution in [0.3, 0.4) is 0 Å². The number of carbonyl (C=O) groups excluding carboxylic acids is 1. The van der Waals surface area contributed by atoms with E-state index in [1.807, 2.05) is 40.0 Å². The van der Waals surface area contributed by atoms with Gasteiger partial charge in [0.15, 0.2) is 10.2 Å². The van der Waals surface area contributed by atoms with E-state index in [2.05, 4.69) is 4.98 Å². The maximum atomic E-state index is 12.3. The quantitative estimate of drug-likeness (QED) is 0.217. The van der Waals surface area contributed by atoms with Gasteiger partial charge in [0.25, 0.3) is 0 Å². The zero-order valence-corrected chi connectivity index (χ0v) is 18.1. The third-order valence-electron chi connectivity index (χ3n) is 2.80. The molecule has 0 aromatic carbocycles. The van der Waals surface area contributed by atoms with Crippen LogP contribution in [0.4, 0.5) is 0 Å². The predicted molar refractivity (Wildman–Crippen MR) is 108 cm³/mol. The summed E-state index contributed by atoms with van der Waals surface area (Å²) in [7, 11) is 0. The average molecular weight is 420 g/mol. The van der Waals surface area contributed by atoms with Crippen LogP contribution in [0.1, 0.15) is 40.3 Å². The van der Waals surface area contributed by atoms with Crippen molar-refractivity contribution in [1.29, 1.82) is 0 Å². The van der Waals surface area contributed by atoms with Crippen molar-refractivity contribution in [2.45, 2.75) is 55.7 Å². The van der Waals surface area contributed by atoms with E-state index in [9.17, 15) is 4.79 Å². The van der Waals surface area contributed by atoms with Gasteiger partial charge < -0.3 is 20.9 Å². The Balaban J connectivity index is 2.56. The Bertz CT molecular complexity index is 675. The molecule has 4 N–H and O–H groups in total. The predicted octanol–water partition coefficient (Wildman–Crippen LogP) is 3.75. The second kappa shape index (κ2) is 9.53. The Hall–Kier alpha value is -1.38. The minimum absolute atomic E-state index is 0.130. The molecule has 0 aliphatic carbocycles. The van der Waals surface area contributed by atoms with Crippen LogP contribution in [0, 0.1) is 0 Å². The number of carbonyl (C=O) groups is 1. The van der Waals surface area contributed by atoms with Crippen molar-refractivity contribution in [3.8, 4) is 0 Å². The van der Waals surface area contributed by atoms with Crippen LogP contribution in [0.15, 0.2) is 32.9 Å². The van der Waals surface area contributed by atoms with Gasteiger partial charge in [-0.3, -0.25) is 4.79 Å². The van der Waals surface area contributed by atoms with Gasteiger partial charge in [-0.2, -0.15) is 0 Å². The number of aromatic nitrogens is 1. The monoisotopic (exact) mass is 419 g/mol. The molecule has 0 aliphatic heterocycles. The van der Waals surface area contributed by atoms with Crippen LogP contribution in [0.5, 0.6) is 0 Å². The van der Waals surface area contributed by atoms with Gasteiger partial charge in [0.05, 0.1) is 17.5 Å². The zero-order valence-electron chi connectivity index (χ0n) is 15.7. The SMILES string of the molecule is CC(C)(C)OC(=O)C(C)(C)Sc1nc(CCO/C(N)=C/C=C(\N)Cl)cs1. The van der Waals surface area contributed by atoms with Gasteiger partial charge in [-0.25, -0.2) is 4.98 Å². The highest BCUT2D eigenvalue weighted by Crippen LogP contribution is 2.36. The fraction of sp³-hybridized carbons (Fsp3) is 0.529. The fourth-order valence-electron chi connectivity index (χ4n) is 1.59. The van der Waals surface area contributed by atoms with Crippen LogP contribution in [0.2, 0.25) is 0 Å². The molecule has 0 spiro atoms. The van der Waals surface area contributed by atoms with Crippen LogP contribution in [0.25, 0.3) is 0 Å². The van der Waals surface area contributed by atoms with Crippen LogP contribution in [-0.2, 0) is 20.7 Å². The van der Waals surface area contributed by atoms with Crippen molar-refractivity contribution in [3.63, 3.8) is 0 Å². The second-order valence-corrected chi connectivity index (χ2v) is 10.1. The molecule has 1 rings (SSSR count). The fourth-order valence-corrected chi connectivity index (χ4v) is 3.92. The summed E-state index contributed by atoms with van der Waals surface area (Å²) in [5, 5.41) is 2.07. The van der Waals surface area contributed by atoms with E-state index in [4.69, 9.17) is 32.5 Å². The Morgan fingerprint density at radius 1 is 1.31 bits per heavy atom. The average Bonchev–Trinajstić information content (AvgIpc) is 2.90. The molecule has 0 radical (unpaired) electrons. The smallest absolute Gasteiger partial charge is 0.322 e. The Kier molecular flexibility index (Phi) is 8.30. The maximum Gasteiger partial charge on any atom is 0.322 e. The van der Waals surface area contributed by atoms with Crippen molar-refractivity contribution in [2.24, 2.45) is 11.5 Å². The molecule has 0 unspecified atom stereocenters. The molecule has 9 heteroatoms. The number of allylic oxidation sites excluding steroid dienone is 2. The first kappa shape index (κ1) is 22.7. The molecule has 0 bridgehead atoms. The summed E-state index contributed by atoms with van der Waals surface area (Å²) in [6, 6.07) is 0. The van der Waals surface area contributed by atoms with E-state index in [0.717, 1.165) is 10.0 Å². The lowest BCUT2D eigenvalue weighted by Gasteiger charge is -2.27. The van der Waals surface area contributed by atoms with E-state index in [0.29, 0.717) is 13.0 Å². The molecule has 0 saturated carbocycles. The van der Waals surface area contributed by atoms with E-state index in [-0.39, 0.29) is 17.0 Å². The Labute approximate surface area is 168 Å². The summed E-state index contributed by atoms with van der Waals surface area (Å²) in [5.74, 6) is -0.0379. The largest absolute Gasteiger partial charge is 0.479 e. The number of halogens is 1. The van der Waals surface area contributed by atoms with Crippen molar-refractivity contribution < 1.29 is 14.3 Å². The second-order valence-electron chi connectivity index (χ2n) is 6.94. The van der Waals surface area contributed by atoms with Crippen molar-refractivity contribution in [2.75, 3.05) is 6.61 Å². The first-order chi connectivity index (χ1) is 11.9. The van der Waals surface area contributed by atoms with E-state index < -0.39 is 10.3 Å². The lowest BCUT2D eigenvalue weighted by Crippen LogP contribution is -2.36. The van der Waals surface area contributed by atoms with E-state index in [1.165, 1.54) is 35.3 Å². The molecule has 0 fully saturated rings. The summed E-state index contributed by atoms with van der Waals surface area (Å²) in [6.07, 6.45) is 3.54. The third kappa shape index (κ3) is 8.82. The molecule has 0 saturated heterocycles. The molecule has 0 aliphatic rings. The van der Waals surface area contributed by atoms with E-state index >= 15 is 0 Å². The van der Waals surface area contributed by atoms with Crippen molar-refractivity contribution in [3.05, 3.63) is 34.3 Å². The molecule has 6 nitrogen and oxygen atoms in total. The lowest BCUT2D eigenvalue weighted by molar-refractivity contribution is -0.156. The first-order valence-electron chi connectivity index (χ1n) is 7.97. The van der Waals surface area contributed by atoms with Crippen LogP contribution in [-0.4, -0.2) is 27.9 Å². The highest BCUT2D eigenvalue weighted by molar-refractivity contribution is 8.03. The molecule has 1 aromatic heterocycles. The molecule has 0 atom stereocenters. The van der Waals surface area contributed by atoms with Crippen molar-refractivity contribution >= 4 is 40.7 Å². The molecule has 26 heavy (non-hydrogen) atoms. The van der Waals surface area contributed by atoms with Gasteiger partial charge >= 0.3 is 5.97 Å². The number of hydrogen-bond acceptors (Lipinski definition) is 8. The molecule has 1 aromatic rings. The molecular formula is C17H26ClN3O3S2. The van der Waals surface area contributed by atoms with Gasteiger partial charge in [-0.15, -0.1) is 11.3 Å². The van der Waals surface area contributed by atoms with Gasteiger partial charge in [-0.05, 0) is 40.7 Å². The van der Waals surface area contributed by atoms with Crippen molar-refractivity contribution in [1.82, 2.24) is 4.98 Å². The molecule has 0 amide bonds. The highest BCUT2D eigenvalue weighted by Gasteiger charge is 2.34. The van der Waals surface area contributed by atoms with Crippen LogP contribution >= 0.6 is 34.7 Å². The minimum Gasteiger partial charge on any atom is -0.479 e. The number of ether oxygens (including phenoxy) is 2. The van der Waals surface area contributed by atoms with Crippen LogP contribution < -0.4 is 11.5 Å². The minimum atomic E-state index is -0.722. The maximum absolute atomic E-state index is 12.3. The number of nitrogens with two attached hydrogens (primary N) is 2. The Morgan fingerprint density at radius 3 is 2.54 bits per heavy atom. The first-order valence-corrected chi connectivity index (χ1v) is 10.0. The standard InChI is InChI=1S/C17H26ClN3O3S2/c1-16(2,3)24-14(22)17(4,5)26-15-21-11(10-25-15)8-9-23-13(20)7-6-12(18)19/h6-7,10H,8-9,19-20H2,1-5H3/b12-6-,13-7+. The third-order valence-corrected chi connectivity index (χ3v) is 5.09. The number of thioether (sulfide) groups is 1. The summed E-state index contributed by atoms with van der Waals surface area (Å²) in [5.41, 5.74) is 11.3. The number of nitrogens with zero attached hydrogens (tertiary/aromatic N) is 1. The molecule has 146 valence electrons. The van der Waals surface area contributed by atoms with Gasteiger partial charge in [0, 0.05) is 17.9 Å². The number of hydrogen-bond donors (Lipinski definition) is 2. The lowest BCUT2D eigenvalue weighted by atomic mass is 10.1. The van der Waals surface area contributed by atoms with Gasteiger partial charge in [0.1, 0.15) is 10.3 Å². The number of esters is 1. The normalized spacial score (nSPS) is 13.6. The summed E-state index contributed by atoms with van der Waals surface area (Å²) in [4.78, 5) is 16.8. The topological polar surface area (TPSA) is 100 Å². The Morgan fingerprint density at radius 2 is 1.96 bits per heavy atom.